The molecule has 0 amide bonds. The number of hydrogen-bond acceptors (Lipinski definition) is 9. The normalized spacial score (nSPS) is 24.4. The van der Waals surface area contributed by atoms with Gasteiger partial charge in [0.15, 0.2) is 5.82 Å². The van der Waals surface area contributed by atoms with Crippen molar-refractivity contribution in [1.29, 1.82) is 0 Å². The number of nitrogens with zero attached hydrogens (tertiary/aromatic N) is 7. The second-order valence-corrected chi connectivity index (χ2v) is 15.2. The average Bonchev–Trinajstić information content (AvgIpc) is 3.85. The summed E-state index contributed by atoms with van der Waals surface area (Å²) in [6.07, 6.45) is 5.15. The van der Waals surface area contributed by atoms with Crippen LogP contribution in [0.1, 0.15) is 37.7 Å². The Hall–Kier alpha value is -4.85. The van der Waals surface area contributed by atoms with Gasteiger partial charge in [0.25, 0.3) is 0 Å². The summed E-state index contributed by atoms with van der Waals surface area (Å²) in [6, 6.07) is 5.01. The molecule has 10 nitrogen and oxygen atoms in total. The number of piperazine rings is 1. The molecule has 5 aromatic rings. The molecule has 0 unspecified atom stereocenters. The molecule has 0 spiro atoms. The summed E-state index contributed by atoms with van der Waals surface area (Å²) in [4.78, 5) is 15.7. The van der Waals surface area contributed by atoms with Gasteiger partial charge in [0.05, 0.1) is 23.1 Å². The first kappa shape index (κ1) is 35.8. The molecule has 16 heteroatoms. The van der Waals surface area contributed by atoms with E-state index < -0.39 is 36.3 Å². The Labute approximate surface area is 311 Å². The summed E-state index contributed by atoms with van der Waals surface area (Å²) < 4.78 is 98.0. The number of aryl methyl sites for hydroxylation is 1. The highest BCUT2D eigenvalue weighted by atomic mass is 19.4. The number of benzene rings is 3. The standard InChI is InChI=1S/C39H37F6N7O3/c1-3-26-29(41)8-5-21-13-25(53)14-27(30(21)26)31-33(42)35-32(28-19-49(2)48-34(28)31)36(47-37(46-35)54-20-38-9-4-10-51(38)16-22(40)15-38)50-17-23-6-7-24(18-50)52(23)11-12-55-39(43,44)45/h1,5,8,13-14,19,22-24,53H,4,6-7,9-12,15-18,20H2,2H3/t22-,23-,24+,38+/m1/s1. The lowest BCUT2D eigenvalue weighted by molar-refractivity contribution is -0.325. The molecule has 2 bridgehead atoms. The van der Waals surface area contributed by atoms with Crippen LogP contribution in [0.5, 0.6) is 11.8 Å². The van der Waals surface area contributed by atoms with Crippen LogP contribution in [0.4, 0.5) is 32.2 Å². The van der Waals surface area contributed by atoms with Gasteiger partial charge in [0, 0.05) is 74.3 Å². The first-order valence-electron chi connectivity index (χ1n) is 18.3. The summed E-state index contributed by atoms with van der Waals surface area (Å²) in [5.41, 5.74) is -0.533. The van der Waals surface area contributed by atoms with E-state index >= 15 is 8.78 Å². The van der Waals surface area contributed by atoms with Crippen LogP contribution in [0.15, 0.2) is 30.5 Å². The number of anilines is 1. The summed E-state index contributed by atoms with van der Waals surface area (Å²) in [5.74, 6) is 1.02. The minimum atomic E-state index is -4.73. The van der Waals surface area contributed by atoms with Gasteiger partial charge in [0.1, 0.15) is 41.2 Å². The third-order valence-electron chi connectivity index (χ3n) is 11.9. The first-order chi connectivity index (χ1) is 26.3. The van der Waals surface area contributed by atoms with E-state index in [2.05, 4.69) is 25.6 Å². The summed E-state index contributed by atoms with van der Waals surface area (Å²) in [6.45, 7) is 1.49. The van der Waals surface area contributed by atoms with Crippen LogP contribution in [0, 0.1) is 24.0 Å². The van der Waals surface area contributed by atoms with Crippen LogP contribution >= 0.6 is 0 Å². The van der Waals surface area contributed by atoms with Crippen molar-refractivity contribution in [3.8, 4) is 35.2 Å². The van der Waals surface area contributed by atoms with E-state index in [0.29, 0.717) is 48.0 Å². The van der Waals surface area contributed by atoms with Crippen molar-refractivity contribution in [2.75, 3.05) is 50.8 Å². The summed E-state index contributed by atoms with van der Waals surface area (Å²) in [5, 5.41) is 16.9. The molecule has 4 saturated heterocycles. The molecular formula is C39H37F6N7O3. The Balaban J connectivity index is 1.21. The fraction of sp³-hybridized carbons (Fsp3) is 0.462. The van der Waals surface area contributed by atoms with Gasteiger partial charge in [-0.3, -0.25) is 19.2 Å². The zero-order chi connectivity index (χ0) is 38.4. The van der Waals surface area contributed by atoms with Gasteiger partial charge in [-0.15, -0.1) is 19.6 Å². The van der Waals surface area contributed by atoms with Crippen LogP contribution in [0.25, 0.3) is 43.7 Å². The minimum absolute atomic E-state index is 0.0621. The molecule has 4 atom stereocenters. The first-order valence-corrected chi connectivity index (χ1v) is 18.3. The highest BCUT2D eigenvalue weighted by Gasteiger charge is 2.49. The van der Waals surface area contributed by atoms with Gasteiger partial charge >= 0.3 is 12.4 Å². The van der Waals surface area contributed by atoms with Gasteiger partial charge in [-0.2, -0.15) is 15.1 Å². The maximum atomic E-state index is 17.7. The molecule has 55 heavy (non-hydrogen) atoms. The zero-order valence-corrected chi connectivity index (χ0v) is 29.8. The third kappa shape index (κ3) is 6.07. The maximum absolute atomic E-state index is 17.7. The predicted octanol–water partition coefficient (Wildman–Crippen LogP) is 6.45. The van der Waals surface area contributed by atoms with Crippen molar-refractivity contribution in [2.45, 2.75) is 62.3 Å². The highest BCUT2D eigenvalue weighted by molar-refractivity contribution is 6.18. The van der Waals surface area contributed by atoms with Crippen molar-refractivity contribution in [1.82, 2.24) is 29.5 Å². The summed E-state index contributed by atoms with van der Waals surface area (Å²) >= 11 is 0. The number of ether oxygens (including phenoxy) is 2. The van der Waals surface area contributed by atoms with E-state index in [-0.39, 0.29) is 70.1 Å². The molecule has 1 N–H and O–H groups in total. The second kappa shape index (κ2) is 13.1. The molecule has 9 rings (SSSR count). The Bertz CT molecular complexity index is 2380. The fourth-order valence-corrected chi connectivity index (χ4v) is 9.66. The number of rotatable bonds is 8. The van der Waals surface area contributed by atoms with E-state index in [1.807, 2.05) is 9.80 Å². The Morgan fingerprint density at radius 2 is 1.84 bits per heavy atom. The Morgan fingerprint density at radius 1 is 1.05 bits per heavy atom. The maximum Gasteiger partial charge on any atom is 0.522 e. The van der Waals surface area contributed by atoms with Crippen LogP contribution in [0.2, 0.25) is 0 Å². The van der Waals surface area contributed by atoms with E-state index in [4.69, 9.17) is 16.1 Å². The van der Waals surface area contributed by atoms with Gasteiger partial charge in [-0.25, -0.2) is 13.2 Å². The molecule has 2 aromatic heterocycles. The quantitative estimate of drug-likeness (QED) is 0.142. The number of phenolic OH excluding ortho intramolecular Hbond substituents is 1. The number of aromatic nitrogens is 4. The number of fused-ring (bicyclic) bond motifs is 7. The molecular weight excluding hydrogens is 728 g/mol. The molecule has 288 valence electrons. The van der Waals surface area contributed by atoms with Gasteiger partial charge in [0.2, 0.25) is 0 Å². The zero-order valence-electron chi connectivity index (χ0n) is 29.8. The van der Waals surface area contributed by atoms with E-state index in [1.54, 1.807) is 13.2 Å². The predicted molar refractivity (Wildman–Crippen MR) is 193 cm³/mol. The number of aromatic hydroxyl groups is 1. The monoisotopic (exact) mass is 765 g/mol. The van der Waals surface area contributed by atoms with Gasteiger partial charge in [-0.05, 0) is 61.4 Å². The lowest BCUT2D eigenvalue weighted by Crippen LogP contribution is -2.55. The van der Waals surface area contributed by atoms with E-state index in [0.717, 1.165) is 32.2 Å². The van der Waals surface area contributed by atoms with Crippen LogP contribution in [-0.4, -0.2) is 111 Å². The minimum Gasteiger partial charge on any atom is -0.508 e. The molecule has 6 heterocycles. The molecule has 0 saturated carbocycles. The van der Waals surface area contributed by atoms with Crippen LogP contribution in [-0.2, 0) is 11.8 Å². The largest absolute Gasteiger partial charge is 0.522 e. The highest BCUT2D eigenvalue weighted by Crippen LogP contribution is 2.46. The number of terminal acetylenes is 1. The molecule has 4 fully saturated rings. The number of hydrogen-bond donors (Lipinski definition) is 1. The second-order valence-electron chi connectivity index (χ2n) is 15.2. The Kier molecular flexibility index (Phi) is 8.55. The van der Waals surface area contributed by atoms with Crippen molar-refractivity contribution in [3.63, 3.8) is 0 Å². The van der Waals surface area contributed by atoms with Crippen molar-refractivity contribution in [3.05, 3.63) is 47.7 Å². The van der Waals surface area contributed by atoms with Gasteiger partial charge in [-0.1, -0.05) is 12.0 Å². The van der Waals surface area contributed by atoms with Crippen LogP contribution < -0.4 is 9.64 Å². The van der Waals surface area contributed by atoms with Crippen molar-refractivity contribution < 1.29 is 40.9 Å². The van der Waals surface area contributed by atoms with Gasteiger partial charge < -0.3 is 14.7 Å². The topological polar surface area (TPSA) is 92.0 Å². The molecule has 3 aromatic carbocycles. The van der Waals surface area contributed by atoms with E-state index in [9.17, 15) is 22.7 Å². The van der Waals surface area contributed by atoms with Crippen LogP contribution in [0.3, 0.4) is 0 Å². The molecule has 0 radical (unpaired) electrons. The number of phenols is 1. The fourth-order valence-electron chi connectivity index (χ4n) is 9.66. The van der Waals surface area contributed by atoms with Crippen molar-refractivity contribution >= 4 is 38.4 Å². The summed E-state index contributed by atoms with van der Waals surface area (Å²) in [7, 11) is 1.67. The SMILES string of the molecule is C#Cc1c(F)ccc2cc(O)cc(-c3c(F)c4nc(OC[C@@]56CCCN5C[C@H](F)C6)nc(N5C[C@H]6CC[C@@H](C5)N6CCOC(F)(F)F)c4c4cn(C)nc34)c12. The Morgan fingerprint density at radius 3 is 2.58 bits per heavy atom. The average molecular weight is 766 g/mol. The molecule has 0 aliphatic carbocycles. The van der Waals surface area contributed by atoms with E-state index in [1.165, 1.54) is 28.9 Å². The molecule has 4 aliphatic rings. The van der Waals surface area contributed by atoms with Crippen molar-refractivity contribution in [2.24, 2.45) is 7.05 Å². The third-order valence-corrected chi connectivity index (χ3v) is 11.9. The smallest absolute Gasteiger partial charge is 0.508 e. The molecule has 4 aliphatic heterocycles. The lowest BCUT2D eigenvalue weighted by Gasteiger charge is -2.42. The number of alkyl halides is 4. The lowest BCUT2D eigenvalue weighted by atomic mass is 9.91. The number of halogens is 6.